The highest BCUT2D eigenvalue weighted by Crippen LogP contribution is 2.18. The quantitative estimate of drug-likeness (QED) is 0.842. The van der Waals surface area contributed by atoms with Crippen LogP contribution in [0.2, 0.25) is 0 Å². The molecule has 4 heteroatoms. The number of nitrogens with one attached hydrogen (secondary N) is 1. The summed E-state index contributed by atoms with van der Waals surface area (Å²) in [6.45, 7) is 1.03. The molecule has 1 fully saturated rings. The third-order valence-electron chi connectivity index (χ3n) is 4.04. The van der Waals surface area contributed by atoms with E-state index in [4.69, 9.17) is 0 Å². The summed E-state index contributed by atoms with van der Waals surface area (Å²) in [4.78, 5) is 13.8. The average Bonchev–Trinajstić information content (AvgIpc) is 2.56. The lowest BCUT2D eigenvalue weighted by atomic mass is 9.94. The molecule has 1 unspecified atom stereocenters. The molecule has 1 aliphatic heterocycles. The summed E-state index contributed by atoms with van der Waals surface area (Å²) in [6.07, 6.45) is 3.19. The Morgan fingerprint density at radius 3 is 1.67 bits per heavy atom. The van der Waals surface area contributed by atoms with Gasteiger partial charge in [-0.05, 0) is 24.3 Å². The molecule has 0 bridgehead atoms. The van der Waals surface area contributed by atoms with Gasteiger partial charge in [-0.2, -0.15) is 0 Å². The molecule has 0 aromatic heterocycles. The first-order valence-corrected chi connectivity index (χ1v) is 7.81. The maximum Gasteiger partial charge on any atom is 0.196 e. The Morgan fingerprint density at radius 1 is 0.833 bits per heavy atom. The number of carbonyl (C=O) groups excluding carboxylic acids is 1. The van der Waals surface area contributed by atoms with Crippen molar-refractivity contribution >= 4 is 17.9 Å². The van der Waals surface area contributed by atoms with Crippen molar-refractivity contribution in [3.63, 3.8) is 0 Å². The first-order valence-electron chi connectivity index (χ1n) is 7.81. The number of hydrogen-bond donors (Lipinski definition) is 1. The normalized spacial score (nSPS) is 21.5. The van der Waals surface area contributed by atoms with Crippen LogP contribution in [0.25, 0.3) is 12.2 Å². The minimum Gasteiger partial charge on any atom is -0.330 e. The maximum atomic E-state index is 13.8. The van der Waals surface area contributed by atoms with E-state index in [1.807, 2.05) is 7.05 Å². The van der Waals surface area contributed by atoms with E-state index in [-0.39, 0.29) is 17.4 Å². The van der Waals surface area contributed by atoms with Crippen molar-refractivity contribution in [1.29, 1.82) is 0 Å². The third kappa shape index (κ3) is 3.49. The summed E-state index contributed by atoms with van der Waals surface area (Å²) in [5, 5.41) is 0. The number of ketones is 1. The standard InChI is InChI=1S/C20H17F2NO/c1-23-12-16(10-14-6-2-4-8-18(14)21)20(24)17(13-23)11-15-7-3-5-9-19(15)22/h2-11H,12-13H2,1H3/p+1/b16-10+,17-11?. The van der Waals surface area contributed by atoms with Gasteiger partial charge in [0.15, 0.2) is 5.78 Å². The Bertz CT molecular complexity index is 772. The van der Waals surface area contributed by atoms with Crippen LogP contribution in [-0.2, 0) is 4.79 Å². The number of hydrogen-bond acceptors (Lipinski definition) is 1. The molecule has 0 amide bonds. The van der Waals surface area contributed by atoms with Crippen LogP contribution < -0.4 is 4.90 Å². The number of Topliss-reactive ketones (excluding diaryl/α,β-unsaturated/α-hetero) is 1. The number of rotatable bonds is 2. The molecular weight excluding hydrogens is 308 g/mol. The van der Waals surface area contributed by atoms with Crippen LogP contribution in [-0.4, -0.2) is 25.9 Å². The van der Waals surface area contributed by atoms with Gasteiger partial charge in [-0.15, -0.1) is 0 Å². The van der Waals surface area contributed by atoms with E-state index in [0.717, 1.165) is 4.90 Å². The van der Waals surface area contributed by atoms with Crippen molar-refractivity contribution in [3.8, 4) is 0 Å². The molecule has 122 valence electrons. The first-order chi connectivity index (χ1) is 11.5. The molecule has 2 nitrogen and oxygen atoms in total. The molecule has 1 saturated heterocycles. The molecule has 24 heavy (non-hydrogen) atoms. The van der Waals surface area contributed by atoms with Crippen LogP contribution in [0.1, 0.15) is 11.1 Å². The van der Waals surface area contributed by atoms with Crippen LogP contribution in [0, 0.1) is 11.6 Å². The molecule has 1 heterocycles. The predicted octanol–water partition coefficient (Wildman–Crippen LogP) is 2.53. The lowest BCUT2D eigenvalue weighted by Gasteiger charge is -2.23. The number of likely N-dealkylation sites (N-methyl/N-ethyl adjacent to an activating group) is 1. The highest BCUT2D eigenvalue weighted by atomic mass is 19.1. The molecule has 0 radical (unpaired) electrons. The number of quaternary nitrogens is 1. The van der Waals surface area contributed by atoms with Gasteiger partial charge in [0.1, 0.15) is 24.7 Å². The van der Waals surface area contributed by atoms with Crippen molar-refractivity contribution < 1.29 is 18.5 Å². The third-order valence-corrected chi connectivity index (χ3v) is 4.04. The Balaban J connectivity index is 1.98. The summed E-state index contributed by atoms with van der Waals surface area (Å²) in [7, 11) is 1.96. The average molecular weight is 326 g/mol. The molecule has 0 aliphatic carbocycles. The molecule has 1 atom stereocenters. The smallest absolute Gasteiger partial charge is 0.196 e. The summed E-state index contributed by atoms with van der Waals surface area (Å²) >= 11 is 0. The number of carbonyl (C=O) groups is 1. The van der Waals surface area contributed by atoms with Gasteiger partial charge in [0.25, 0.3) is 0 Å². The summed E-state index contributed by atoms with van der Waals surface area (Å²) < 4.78 is 27.7. The molecule has 2 aromatic carbocycles. The Labute approximate surface area is 139 Å². The van der Waals surface area contributed by atoms with E-state index in [1.165, 1.54) is 12.1 Å². The van der Waals surface area contributed by atoms with Gasteiger partial charge in [0, 0.05) is 11.1 Å². The van der Waals surface area contributed by atoms with Crippen LogP contribution in [0.15, 0.2) is 59.7 Å². The van der Waals surface area contributed by atoms with Gasteiger partial charge in [0.05, 0.1) is 18.2 Å². The molecule has 1 N–H and O–H groups in total. The number of piperidine rings is 1. The zero-order chi connectivity index (χ0) is 17.1. The van der Waals surface area contributed by atoms with Gasteiger partial charge in [-0.3, -0.25) is 4.79 Å². The van der Waals surface area contributed by atoms with Crippen LogP contribution in [0.4, 0.5) is 8.78 Å². The summed E-state index contributed by atoms with van der Waals surface area (Å²) in [5.74, 6) is -0.867. The van der Waals surface area contributed by atoms with Gasteiger partial charge in [0.2, 0.25) is 0 Å². The van der Waals surface area contributed by atoms with Crippen LogP contribution in [0.3, 0.4) is 0 Å². The molecule has 1 aliphatic rings. The SMILES string of the molecule is C[NH+]1CC(=Cc2ccccc2F)C(=O)/C(=C/c2ccccc2F)C1. The Morgan fingerprint density at radius 2 is 1.25 bits per heavy atom. The van der Waals surface area contributed by atoms with Crippen LogP contribution in [0.5, 0.6) is 0 Å². The monoisotopic (exact) mass is 326 g/mol. The predicted molar refractivity (Wildman–Crippen MR) is 90.4 cm³/mol. The van der Waals surface area contributed by atoms with Gasteiger partial charge in [-0.1, -0.05) is 36.4 Å². The van der Waals surface area contributed by atoms with Crippen molar-refractivity contribution in [2.24, 2.45) is 0 Å². The molecule has 0 spiro atoms. The van der Waals surface area contributed by atoms with Crippen molar-refractivity contribution in [2.75, 3.05) is 20.1 Å². The fourth-order valence-corrected chi connectivity index (χ4v) is 2.87. The minimum absolute atomic E-state index is 0.146. The lowest BCUT2D eigenvalue weighted by molar-refractivity contribution is -0.870. The highest BCUT2D eigenvalue weighted by Gasteiger charge is 2.27. The fourth-order valence-electron chi connectivity index (χ4n) is 2.87. The summed E-state index contributed by atoms with van der Waals surface area (Å²) in [5.41, 5.74) is 1.85. The fraction of sp³-hybridized carbons (Fsp3) is 0.150. The topological polar surface area (TPSA) is 21.5 Å². The second-order valence-corrected chi connectivity index (χ2v) is 6.02. The minimum atomic E-state index is -0.361. The lowest BCUT2D eigenvalue weighted by Crippen LogP contribution is -3.10. The van der Waals surface area contributed by atoms with Crippen molar-refractivity contribution in [1.82, 2.24) is 0 Å². The first kappa shape index (κ1) is 16.3. The molecule has 0 saturated carbocycles. The zero-order valence-electron chi connectivity index (χ0n) is 13.4. The molecule has 2 aromatic rings. The van der Waals surface area contributed by atoms with Gasteiger partial charge < -0.3 is 4.90 Å². The van der Waals surface area contributed by atoms with E-state index in [9.17, 15) is 13.6 Å². The Hall–Kier alpha value is -2.59. The van der Waals surface area contributed by atoms with Crippen molar-refractivity contribution in [3.05, 3.63) is 82.4 Å². The van der Waals surface area contributed by atoms with E-state index in [2.05, 4.69) is 0 Å². The second-order valence-electron chi connectivity index (χ2n) is 6.02. The van der Waals surface area contributed by atoms with Gasteiger partial charge in [-0.25, -0.2) is 8.78 Å². The maximum absolute atomic E-state index is 13.8. The zero-order valence-corrected chi connectivity index (χ0v) is 13.4. The van der Waals surface area contributed by atoms with Gasteiger partial charge >= 0.3 is 0 Å². The number of halogens is 2. The summed E-state index contributed by atoms with van der Waals surface area (Å²) in [6, 6.07) is 12.7. The largest absolute Gasteiger partial charge is 0.330 e. The van der Waals surface area contributed by atoms with E-state index in [1.54, 1.807) is 48.6 Å². The van der Waals surface area contributed by atoms with E-state index < -0.39 is 0 Å². The number of benzene rings is 2. The number of likely N-dealkylation sites (tertiary alicyclic amines) is 1. The molecular formula is C20H18F2NO+. The van der Waals surface area contributed by atoms with E-state index in [0.29, 0.717) is 35.4 Å². The highest BCUT2D eigenvalue weighted by molar-refractivity contribution is 6.14. The Kier molecular flexibility index (Phi) is 4.67. The van der Waals surface area contributed by atoms with Crippen molar-refractivity contribution in [2.45, 2.75) is 0 Å². The molecule has 3 rings (SSSR count). The van der Waals surface area contributed by atoms with E-state index >= 15 is 0 Å². The van der Waals surface area contributed by atoms with Crippen LogP contribution >= 0.6 is 0 Å². The second kappa shape index (κ2) is 6.89.